The zero-order chi connectivity index (χ0) is 15.4. The highest BCUT2D eigenvalue weighted by Crippen LogP contribution is 2.23. The van der Waals surface area contributed by atoms with Gasteiger partial charge in [-0.3, -0.25) is 4.90 Å². The van der Waals surface area contributed by atoms with Crippen molar-refractivity contribution in [1.82, 2.24) is 4.90 Å². The second-order valence-corrected chi connectivity index (χ2v) is 6.16. The smallest absolute Gasteiger partial charge is 0.328 e. The van der Waals surface area contributed by atoms with Crippen LogP contribution in [0.15, 0.2) is 24.3 Å². The number of halogens is 1. The van der Waals surface area contributed by atoms with Crippen LogP contribution in [-0.2, 0) is 11.3 Å². The molecule has 1 fully saturated rings. The van der Waals surface area contributed by atoms with Crippen LogP contribution in [0, 0.1) is 17.7 Å². The molecule has 1 aromatic rings. The molecule has 1 heterocycles. The molecule has 2 rings (SSSR count). The number of hydrogen-bond acceptors (Lipinski definition) is 2. The fraction of sp³-hybridized carbons (Fsp3) is 0.471. The van der Waals surface area contributed by atoms with Crippen LogP contribution >= 0.6 is 0 Å². The summed E-state index contributed by atoms with van der Waals surface area (Å²) < 4.78 is 14.1. The van der Waals surface area contributed by atoms with E-state index in [9.17, 15) is 9.18 Å². The predicted octanol–water partition coefficient (Wildman–Crippen LogP) is 3.40. The minimum Gasteiger partial charge on any atom is -0.478 e. The minimum absolute atomic E-state index is 0.270. The summed E-state index contributed by atoms with van der Waals surface area (Å²) in [5.41, 5.74) is 1.24. The summed E-state index contributed by atoms with van der Waals surface area (Å²) in [6.07, 6.45) is 3.65. The van der Waals surface area contributed by atoms with Gasteiger partial charge >= 0.3 is 5.97 Å². The Labute approximate surface area is 125 Å². The maximum absolute atomic E-state index is 14.1. The van der Waals surface area contributed by atoms with E-state index < -0.39 is 5.97 Å². The Hall–Kier alpha value is -1.68. The van der Waals surface area contributed by atoms with Crippen molar-refractivity contribution in [3.05, 3.63) is 41.2 Å². The average molecular weight is 291 g/mol. The van der Waals surface area contributed by atoms with Crippen LogP contribution < -0.4 is 0 Å². The number of benzene rings is 1. The number of carboxylic acids is 1. The molecule has 0 radical (unpaired) electrons. The Balaban J connectivity index is 2.05. The largest absolute Gasteiger partial charge is 0.478 e. The van der Waals surface area contributed by atoms with Crippen molar-refractivity contribution < 1.29 is 14.3 Å². The number of hydrogen-bond donors (Lipinski definition) is 1. The molecular formula is C17H22FNO2. The predicted molar refractivity (Wildman–Crippen MR) is 81.3 cm³/mol. The molecule has 2 unspecified atom stereocenters. The Kier molecular flexibility index (Phi) is 5.12. The summed E-state index contributed by atoms with van der Waals surface area (Å²) >= 11 is 0. The number of likely N-dealkylation sites (tertiary alicyclic amines) is 1. The van der Waals surface area contributed by atoms with E-state index in [1.165, 1.54) is 18.6 Å². The standard InChI is InChI=1S/C17H22FNO2/c1-12-7-13(2)10-19(9-12)11-15-5-3-14(8-16(15)18)4-6-17(20)21/h3-6,8,12-13H,7,9-11H2,1-2H3,(H,20,21). The highest BCUT2D eigenvalue weighted by molar-refractivity contribution is 5.85. The zero-order valence-corrected chi connectivity index (χ0v) is 12.6. The van der Waals surface area contributed by atoms with Gasteiger partial charge in [0, 0.05) is 31.3 Å². The van der Waals surface area contributed by atoms with Crippen molar-refractivity contribution in [3.63, 3.8) is 0 Å². The number of nitrogens with zero attached hydrogens (tertiary/aromatic N) is 1. The number of carbonyl (C=O) groups is 1. The van der Waals surface area contributed by atoms with Gasteiger partial charge in [-0.15, -0.1) is 0 Å². The van der Waals surface area contributed by atoms with Crippen molar-refractivity contribution in [2.45, 2.75) is 26.8 Å². The summed E-state index contributed by atoms with van der Waals surface area (Å²) in [7, 11) is 0. The van der Waals surface area contributed by atoms with Gasteiger partial charge in [-0.1, -0.05) is 26.0 Å². The Bertz CT molecular complexity index is 532. The molecule has 1 aliphatic rings. The van der Waals surface area contributed by atoms with E-state index in [1.54, 1.807) is 12.1 Å². The van der Waals surface area contributed by atoms with Gasteiger partial charge in [0.05, 0.1) is 0 Å². The first kappa shape index (κ1) is 15.7. The van der Waals surface area contributed by atoms with Crippen molar-refractivity contribution in [2.24, 2.45) is 11.8 Å². The maximum atomic E-state index is 14.1. The topological polar surface area (TPSA) is 40.5 Å². The molecule has 1 saturated heterocycles. The molecular weight excluding hydrogens is 269 g/mol. The molecule has 0 spiro atoms. The van der Waals surface area contributed by atoms with Crippen molar-refractivity contribution in [1.29, 1.82) is 0 Å². The second-order valence-electron chi connectivity index (χ2n) is 6.16. The van der Waals surface area contributed by atoms with Gasteiger partial charge in [-0.25, -0.2) is 9.18 Å². The normalized spacial score (nSPS) is 23.6. The van der Waals surface area contributed by atoms with E-state index in [4.69, 9.17) is 5.11 Å². The van der Waals surface area contributed by atoms with Gasteiger partial charge < -0.3 is 5.11 Å². The van der Waals surface area contributed by atoms with Crippen LogP contribution in [0.1, 0.15) is 31.4 Å². The molecule has 1 N–H and O–H groups in total. The lowest BCUT2D eigenvalue weighted by Gasteiger charge is -2.35. The monoisotopic (exact) mass is 291 g/mol. The summed E-state index contributed by atoms with van der Waals surface area (Å²) in [4.78, 5) is 12.8. The van der Waals surface area contributed by atoms with Gasteiger partial charge in [0.25, 0.3) is 0 Å². The quantitative estimate of drug-likeness (QED) is 0.864. The third-order valence-corrected chi connectivity index (χ3v) is 3.83. The molecule has 1 aliphatic heterocycles. The number of carboxylic acid groups (broad SMARTS) is 1. The van der Waals surface area contributed by atoms with Crippen LogP contribution in [0.25, 0.3) is 6.08 Å². The van der Waals surface area contributed by atoms with Gasteiger partial charge in [-0.05, 0) is 36.0 Å². The van der Waals surface area contributed by atoms with Crippen molar-refractivity contribution >= 4 is 12.0 Å². The summed E-state index contributed by atoms with van der Waals surface area (Å²) in [6.45, 7) is 7.09. The zero-order valence-electron chi connectivity index (χ0n) is 12.6. The van der Waals surface area contributed by atoms with Gasteiger partial charge in [0.15, 0.2) is 0 Å². The molecule has 0 aromatic heterocycles. The lowest BCUT2D eigenvalue weighted by molar-refractivity contribution is -0.131. The lowest BCUT2D eigenvalue weighted by atomic mass is 9.91. The van der Waals surface area contributed by atoms with Crippen molar-refractivity contribution in [2.75, 3.05) is 13.1 Å². The number of rotatable bonds is 4. The molecule has 114 valence electrons. The van der Waals surface area contributed by atoms with Gasteiger partial charge in [-0.2, -0.15) is 0 Å². The molecule has 21 heavy (non-hydrogen) atoms. The fourth-order valence-corrected chi connectivity index (χ4v) is 3.13. The Morgan fingerprint density at radius 2 is 2.05 bits per heavy atom. The van der Waals surface area contributed by atoms with E-state index in [0.717, 1.165) is 19.2 Å². The fourth-order valence-electron chi connectivity index (χ4n) is 3.13. The van der Waals surface area contributed by atoms with E-state index in [-0.39, 0.29) is 5.82 Å². The van der Waals surface area contributed by atoms with Gasteiger partial charge in [0.2, 0.25) is 0 Å². The first-order chi connectivity index (χ1) is 9.94. The number of aliphatic carboxylic acids is 1. The highest BCUT2D eigenvalue weighted by Gasteiger charge is 2.22. The first-order valence-electron chi connectivity index (χ1n) is 7.36. The highest BCUT2D eigenvalue weighted by atomic mass is 19.1. The molecule has 4 heteroatoms. The second kappa shape index (κ2) is 6.85. The summed E-state index contributed by atoms with van der Waals surface area (Å²) in [5, 5.41) is 8.58. The van der Waals surface area contributed by atoms with Crippen molar-refractivity contribution in [3.8, 4) is 0 Å². The van der Waals surface area contributed by atoms with Crippen LogP contribution in [0.2, 0.25) is 0 Å². The third-order valence-electron chi connectivity index (χ3n) is 3.83. The van der Waals surface area contributed by atoms with E-state index in [2.05, 4.69) is 18.7 Å². The SMILES string of the molecule is CC1CC(C)CN(Cc2ccc(C=CC(=O)O)cc2F)C1. The van der Waals surface area contributed by atoms with Crippen LogP contribution in [0.5, 0.6) is 0 Å². The molecule has 0 bridgehead atoms. The molecule has 3 nitrogen and oxygen atoms in total. The Morgan fingerprint density at radius 1 is 1.38 bits per heavy atom. The molecule has 0 saturated carbocycles. The van der Waals surface area contributed by atoms with Gasteiger partial charge in [0.1, 0.15) is 5.82 Å². The maximum Gasteiger partial charge on any atom is 0.328 e. The van der Waals surface area contributed by atoms with E-state index in [1.807, 2.05) is 0 Å². The Morgan fingerprint density at radius 3 is 2.62 bits per heavy atom. The minimum atomic E-state index is -1.03. The molecule has 0 aliphatic carbocycles. The molecule has 1 aromatic carbocycles. The molecule has 0 amide bonds. The number of piperidine rings is 1. The van der Waals surface area contributed by atoms with Crippen LogP contribution in [-0.4, -0.2) is 29.1 Å². The third kappa shape index (κ3) is 4.67. The first-order valence-corrected chi connectivity index (χ1v) is 7.36. The average Bonchev–Trinajstić information content (AvgIpc) is 2.38. The van der Waals surface area contributed by atoms with E-state index in [0.29, 0.717) is 29.5 Å². The molecule has 2 atom stereocenters. The van der Waals surface area contributed by atoms with Crippen LogP contribution in [0.3, 0.4) is 0 Å². The van der Waals surface area contributed by atoms with E-state index >= 15 is 0 Å². The lowest BCUT2D eigenvalue weighted by Crippen LogP contribution is -2.38. The van der Waals surface area contributed by atoms with Crippen LogP contribution in [0.4, 0.5) is 4.39 Å². The summed E-state index contributed by atoms with van der Waals surface area (Å²) in [5.74, 6) is -0.00614. The summed E-state index contributed by atoms with van der Waals surface area (Å²) in [6, 6.07) is 4.90.